The van der Waals surface area contributed by atoms with Crippen molar-refractivity contribution in [1.82, 2.24) is 9.97 Å². The highest BCUT2D eigenvalue weighted by Gasteiger charge is 2.47. The molecule has 1 heterocycles. The minimum absolute atomic E-state index is 0.0784. The molecule has 0 saturated heterocycles. The van der Waals surface area contributed by atoms with Gasteiger partial charge in [-0.1, -0.05) is 0 Å². The van der Waals surface area contributed by atoms with Crippen LogP contribution < -0.4 is 0 Å². The molecule has 0 aromatic carbocycles. The second-order valence-corrected chi connectivity index (χ2v) is 7.37. The number of hydrogen-bond donors (Lipinski definition) is 0. The molecule has 2 fully saturated rings. The smallest absolute Gasteiger partial charge is 0.240 e. The van der Waals surface area contributed by atoms with Crippen molar-refractivity contribution >= 4 is 15.9 Å². The van der Waals surface area contributed by atoms with Gasteiger partial charge in [0.1, 0.15) is 5.82 Å². The van der Waals surface area contributed by atoms with Crippen molar-refractivity contribution in [3.8, 4) is 0 Å². The van der Waals surface area contributed by atoms with Gasteiger partial charge in [-0.3, -0.25) is 0 Å². The third kappa shape index (κ3) is 3.67. The fourth-order valence-electron chi connectivity index (χ4n) is 3.42. The van der Waals surface area contributed by atoms with Gasteiger partial charge in [-0.15, -0.1) is 0 Å². The normalized spacial score (nSPS) is 28.4. The van der Waals surface area contributed by atoms with Crippen LogP contribution in [0.2, 0.25) is 0 Å². The maximum atomic E-state index is 13.0. The molecule has 3 rings (SSSR count). The van der Waals surface area contributed by atoms with E-state index in [0.717, 1.165) is 0 Å². The molecule has 0 unspecified atom stereocenters. The minimum atomic E-state index is -4.14. The van der Waals surface area contributed by atoms with E-state index < -0.39 is 18.0 Å². The Labute approximate surface area is 139 Å². The zero-order chi connectivity index (χ0) is 16.8. The van der Waals surface area contributed by atoms with Gasteiger partial charge in [0.15, 0.2) is 0 Å². The molecule has 1 aromatic heterocycles. The van der Waals surface area contributed by atoms with Crippen molar-refractivity contribution in [2.45, 2.75) is 62.5 Å². The summed E-state index contributed by atoms with van der Waals surface area (Å²) in [5, 5.41) is 0. The summed E-state index contributed by atoms with van der Waals surface area (Å²) in [5.41, 5.74) is 0.658. The Kier molecular flexibility index (Phi) is 4.40. The summed E-state index contributed by atoms with van der Waals surface area (Å²) in [6.45, 7) is 0. The van der Waals surface area contributed by atoms with E-state index in [1.165, 1.54) is 6.20 Å². The molecule has 2 aliphatic rings. The van der Waals surface area contributed by atoms with E-state index in [-0.39, 0.29) is 37.5 Å². The molecule has 0 atom stereocenters. The van der Waals surface area contributed by atoms with E-state index >= 15 is 0 Å². The highest BCUT2D eigenvalue weighted by atomic mass is 79.9. The number of nitrogens with zero attached hydrogens (tertiary/aromatic N) is 2. The Hall–Kier alpha value is -0.790. The second kappa shape index (κ2) is 5.93. The lowest BCUT2D eigenvalue weighted by molar-refractivity contribution is -0.182. The third-order valence-electron chi connectivity index (χ3n) is 4.82. The van der Waals surface area contributed by atoms with Crippen molar-refractivity contribution < 1.29 is 22.0 Å². The fourth-order valence-corrected chi connectivity index (χ4v) is 3.93. The van der Waals surface area contributed by atoms with Gasteiger partial charge in [-0.05, 0) is 41.6 Å². The van der Waals surface area contributed by atoms with Crippen LogP contribution in [0, 0.1) is 5.92 Å². The first-order chi connectivity index (χ1) is 10.7. The van der Waals surface area contributed by atoms with E-state index in [4.69, 9.17) is 0 Å². The quantitative estimate of drug-likeness (QED) is 0.607. The molecule has 2 saturated carbocycles. The van der Waals surface area contributed by atoms with Crippen LogP contribution in [0.4, 0.5) is 22.0 Å². The van der Waals surface area contributed by atoms with E-state index in [1.54, 1.807) is 0 Å². The van der Waals surface area contributed by atoms with Crippen molar-refractivity contribution in [2.24, 2.45) is 5.92 Å². The lowest BCUT2D eigenvalue weighted by Crippen LogP contribution is -2.35. The molecule has 0 spiro atoms. The van der Waals surface area contributed by atoms with E-state index in [1.807, 2.05) is 0 Å². The Morgan fingerprint density at radius 2 is 1.65 bits per heavy atom. The van der Waals surface area contributed by atoms with Crippen molar-refractivity contribution in [1.29, 1.82) is 0 Å². The van der Waals surface area contributed by atoms with Gasteiger partial charge in [-0.2, -0.15) is 13.2 Å². The molecule has 2 aliphatic carbocycles. The summed E-state index contributed by atoms with van der Waals surface area (Å²) in [5.74, 6) is -3.95. The monoisotopic (exact) mass is 398 g/mol. The number of aromatic nitrogens is 2. The predicted molar refractivity (Wildman–Crippen MR) is 77.4 cm³/mol. The number of hydrogen-bond acceptors (Lipinski definition) is 2. The standard InChI is InChI=1S/C15H16BrF5N2/c16-11-7-22-13(9-5-14(17,18)6-9)23-12(11)8-1-3-10(4-2-8)15(19,20)21/h7-10H,1-6H2/t8-,10-. The molecule has 0 radical (unpaired) electrons. The molecule has 23 heavy (non-hydrogen) atoms. The molecular weight excluding hydrogens is 383 g/mol. The first-order valence-corrected chi connectivity index (χ1v) is 8.42. The molecule has 2 nitrogen and oxygen atoms in total. The molecule has 0 N–H and O–H groups in total. The number of halogens is 6. The molecule has 128 valence electrons. The molecule has 0 bridgehead atoms. The summed E-state index contributed by atoms with van der Waals surface area (Å²) in [6.07, 6.45) is -2.15. The SMILES string of the molecule is FC1(F)CC(c2ncc(Br)c([C@H]3CC[C@H](C(F)(F)F)CC3)n2)C1. The second-order valence-electron chi connectivity index (χ2n) is 6.51. The highest BCUT2D eigenvalue weighted by molar-refractivity contribution is 9.10. The van der Waals surface area contributed by atoms with Gasteiger partial charge in [0, 0.05) is 30.9 Å². The summed E-state index contributed by atoms with van der Waals surface area (Å²) in [7, 11) is 0. The Bertz CT molecular complexity index is 574. The van der Waals surface area contributed by atoms with Crippen LogP contribution in [0.1, 0.15) is 61.9 Å². The van der Waals surface area contributed by atoms with Gasteiger partial charge >= 0.3 is 6.18 Å². The number of alkyl halides is 5. The average molecular weight is 399 g/mol. The topological polar surface area (TPSA) is 25.8 Å². The summed E-state index contributed by atoms with van der Waals surface area (Å²) in [6, 6.07) is 0. The van der Waals surface area contributed by atoms with Crippen molar-refractivity contribution in [2.75, 3.05) is 0 Å². The van der Waals surface area contributed by atoms with Crippen molar-refractivity contribution in [3.05, 3.63) is 22.2 Å². The first kappa shape index (κ1) is 17.0. The molecule has 1 aromatic rings. The lowest BCUT2D eigenvalue weighted by Gasteiger charge is -2.34. The maximum Gasteiger partial charge on any atom is 0.391 e. The van der Waals surface area contributed by atoms with E-state index in [9.17, 15) is 22.0 Å². The fraction of sp³-hybridized carbons (Fsp3) is 0.733. The summed E-state index contributed by atoms with van der Waals surface area (Å²) < 4.78 is 64.8. The zero-order valence-corrected chi connectivity index (χ0v) is 13.8. The summed E-state index contributed by atoms with van der Waals surface area (Å²) >= 11 is 3.34. The predicted octanol–water partition coefficient (Wildman–Crippen LogP) is 5.59. The van der Waals surface area contributed by atoms with Crippen LogP contribution in [-0.4, -0.2) is 22.1 Å². The molecule has 0 amide bonds. The van der Waals surface area contributed by atoms with E-state index in [0.29, 0.717) is 28.8 Å². The van der Waals surface area contributed by atoms with Gasteiger partial charge in [-0.25, -0.2) is 18.7 Å². The van der Waals surface area contributed by atoms with Crippen LogP contribution in [-0.2, 0) is 0 Å². The largest absolute Gasteiger partial charge is 0.391 e. The molecule has 0 aliphatic heterocycles. The van der Waals surface area contributed by atoms with Gasteiger partial charge in [0.2, 0.25) is 5.92 Å². The minimum Gasteiger partial charge on any atom is -0.240 e. The summed E-state index contributed by atoms with van der Waals surface area (Å²) in [4.78, 5) is 8.50. The maximum absolute atomic E-state index is 13.0. The van der Waals surface area contributed by atoms with Crippen LogP contribution in [0.3, 0.4) is 0 Å². The van der Waals surface area contributed by atoms with Gasteiger partial charge < -0.3 is 0 Å². The van der Waals surface area contributed by atoms with Gasteiger partial charge in [0.05, 0.1) is 16.1 Å². The molecule has 8 heteroatoms. The van der Waals surface area contributed by atoms with E-state index in [2.05, 4.69) is 25.9 Å². The Morgan fingerprint density at radius 3 is 2.17 bits per heavy atom. The highest BCUT2D eigenvalue weighted by Crippen LogP contribution is 2.48. The lowest BCUT2D eigenvalue weighted by atomic mass is 9.79. The van der Waals surface area contributed by atoms with Crippen LogP contribution >= 0.6 is 15.9 Å². The third-order valence-corrected chi connectivity index (χ3v) is 5.43. The molecular formula is C15H16BrF5N2. The zero-order valence-electron chi connectivity index (χ0n) is 12.2. The Balaban J connectivity index is 1.71. The average Bonchev–Trinajstić information content (AvgIpc) is 2.44. The first-order valence-electron chi connectivity index (χ1n) is 7.62. The number of rotatable bonds is 2. The van der Waals surface area contributed by atoms with Crippen LogP contribution in [0.5, 0.6) is 0 Å². The van der Waals surface area contributed by atoms with Gasteiger partial charge in [0.25, 0.3) is 0 Å². The van der Waals surface area contributed by atoms with Crippen LogP contribution in [0.15, 0.2) is 10.7 Å². The van der Waals surface area contributed by atoms with Crippen LogP contribution in [0.25, 0.3) is 0 Å². The van der Waals surface area contributed by atoms with Crippen molar-refractivity contribution in [3.63, 3.8) is 0 Å². The Morgan fingerprint density at radius 1 is 1.04 bits per heavy atom.